The summed E-state index contributed by atoms with van der Waals surface area (Å²) in [6.45, 7) is 9.51. The second-order valence-electron chi connectivity index (χ2n) is 5.95. The summed E-state index contributed by atoms with van der Waals surface area (Å²) in [4.78, 5) is 5.28. The Kier molecular flexibility index (Phi) is 4.76. The molecule has 1 N–H and O–H groups in total. The molecule has 3 rings (SSSR count). The number of nitrogens with one attached hydrogen (secondary N) is 1. The normalized spacial score (nSPS) is 26.8. The Hall–Kier alpha value is -0.420. The van der Waals surface area contributed by atoms with Crippen molar-refractivity contribution in [2.24, 2.45) is 0 Å². The van der Waals surface area contributed by atoms with Gasteiger partial charge in [-0.1, -0.05) is 28.1 Å². The molecule has 2 saturated heterocycles. The highest BCUT2D eigenvalue weighted by Gasteiger charge is 2.27. The first kappa shape index (κ1) is 14.5. The Morgan fingerprint density at radius 1 is 1.15 bits per heavy atom. The molecule has 2 aliphatic rings. The molecule has 2 unspecified atom stereocenters. The molecule has 2 heterocycles. The van der Waals surface area contributed by atoms with Crippen molar-refractivity contribution in [1.82, 2.24) is 15.1 Å². The third-order valence-electron chi connectivity index (χ3n) is 4.80. The number of nitrogens with zero attached hydrogens (tertiary/aromatic N) is 2. The Morgan fingerprint density at radius 2 is 1.85 bits per heavy atom. The zero-order valence-corrected chi connectivity index (χ0v) is 13.8. The average Bonchev–Trinajstić information content (AvgIpc) is 3.02. The topological polar surface area (TPSA) is 18.5 Å². The largest absolute Gasteiger partial charge is 0.315 e. The third kappa shape index (κ3) is 3.25. The fourth-order valence-corrected chi connectivity index (χ4v) is 3.66. The molecule has 20 heavy (non-hydrogen) atoms. The first-order valence-corrected chi connectivity index (χ1v) is 8.47. The summed E-state index contributed by atoms with van der Waals surface area (Å²) in [6, 6.07) is 10.1. The standard InChI is InChI=1S/C16H24BrN3/c1-13(14-2-4-15(17)5-3-14)19-8-10-20(11-9-19)16-6-7-18-12-16/h2-5,13,16,18H,6-12H2,1H3. The summed E-state index contributed by atoms with van der Waals surface area (Å²) >= 11 is 3.51. The molecule has 110 valence electrons. The molecule has 0 aromatic heterocycles. The molecule has 1 aromatic carbocycles. The van der Waals surface area contributed by atoms with Gasteiger partial charge in [-0.25, -0.2) is 0 Å². The summed E-state index contributed by atoms with van der Waals surface area (Å²) < 4.78 is 1.16. The second kappa shape index (κ2) is 6.56. The quantitative estimate of drug-likeness (QED) is 0.914. The van der Waals surface area contributed by atoms with Gasteiger partial charge >= 0.3 is 0 Å². The van der Waals surface area contributed by atoms with Gasteiger partial charge in [-0.15, -0.1) is 0 Å². The minimum absolute atomic E-state index is 0.520. The molecule has 0 bridgehead atoms. The zero-order valence-electron chi connectivity index (χ0n) is 12.2. The van der Waals surface area contributed by atoms with Crippen LogP contribution in [0.3, 0.4) is 0 Å². The van der Waals surface area contributed by atoms with Gasteiger partial charge in [0.05, 0.1) is 0 Å². The second-order valence-corrected chi connectivity index (χ2v) is 6.86. The average molecular weight is 338 g/mol. The lowest BCUT2D eigenvalue weighted by Crippen LogP contribution is -2.51. The minimum atomic E-state index is 0.520. The van der Waals surface area contributed by atoms with Gasteiger partial charge in [-0.2, -0.15) is 0 Å². The van der Waals surface area contributed by atoms with Crippen molar-refractivity contribution in [1.29, 1.82) is 0 Å². The molecule has 0 spiro atoms. The van der Waals surface area contributed by atoms with Gasteiger partial charge in [0, 0.05) is 49.3 Å². The van der Waals surface area contributed by atoms with E-state index in [-0.39, 0.29) is 0 Å². The summed E-state index contributed by atoms with van der Waals surface area (Å²) in [7, 11) is 0. The van der Waals surface area contributed by atoms with Crippen molar-refractivity contribution >= 4 is 15.9 Å². The van der Waals surface area contributed by atoms with Gasteiger partial charge in [0.25, 0.3) is 0 Å². The van der Waals surface area contributed by atoms with Gasteiger partial charge < -0.3 is 5.32 Å². The maximum Gasteiger partial charge on any atom is 0.0320 e. The zero-order chi connectivity index (χ0) is 13.9. The van der Waals surface area contributed by atoms with Crippen molar-refractivity contribution in [2.45, 2.75) is 25.4 Å². The van der Waals surface area contributed by atoms with Gasteiger partial charge in [-0.3, -0.25) is 9.80 Å². The predicted molar refractivity (Wildman–Crippen MR) is 87.0 cm³/mol. The van der Waals surface area contributed by atoms with Crippen LogP contribution in [0.25, 0.3) is 0 Å². The molecule has 2 atom stereocenters. The van der Waals surface area contributed by atoms with Crippen LogP contribution in [0.1, 0.15) is 24.9 Å². The van der Waals surface area contributed by atoms with Crippen LogP contribution in [0.4, 0.5) is 0 Å². The smallest absolute Gasteiger partial charge is 0.0320 e. The van der Waals surface area contributed by atoms with E-state index in [0.717, 1.165) is 10.5 Å². The van der Waals surface area contributed by atoms with Crippen LogP contribution in [0.15, 0.2) is 28.7 Å². The van der Waals surface area contributed by atoms with Crippen LogP contribution in [0, 0.1) is 0 Å². The van der Waals surface area contributed by atoms with E-state index in [1.165, 1.54) is 51.3 Å². The van der Waals surface area contributed by atoms with E-state index in [1.807, 2.05) is 0 Å². The number of piperazine rings is 1. The summed E-state index contributed by atoms with van der Waals surface area (Å²) in [6.07, 6.45) is 1.32. The predicted octanol–water partition coefficient (Wildman–Crippen LogP) is 2.49. The highest BCUT2D eigenvalue weighted by molar-refractivity contribution is 9.10. The van der Waals surface area contributed by atoms with E-state index >= 15 is 0 Å². The SMILES string of the molecule is CC(c1ccc(Br)cc1)N1CCN(C2CCNC2)CC1. The Labute approximate surface area is 130 Å². The molecular formula is C16H24BrN3. The third-order valence-corrected chi connectivity index (χ3v) is 5.33. The molecule has 0 amide bonds. The van der Waals surface area contributed by atoms with Crippen molar-refractivity contribution in [3.8, 4) is 0 Å². The van der Waals surface area contributed by atoms with Crippen molar-refractivity contribution < 1.29 is 0 Å². The van der Waals surface area contributed by atoms with Crippen LogP contribution in [-0.2, 0) is 0 Å². The lowest BCUT2D eigenvalue weighted by atomic mass is 10.1. The number of benzene rings is 1. The maximum absolute atomic E-state index is 3.51. The van der Waals surface area contributed by atoms with Gasteiger partial charge in [-0.05, 0) is 37.6 Å². The first-order valence-electron chi connectivity index (χ1n) is 7.68. The van der Waals surface area contributed by atoms with Gasteiger partial charge in [0.1, 0.15) is 0 Å². The number of hydrogen-bond acceptors (Lipinski definition) is 3. The monoisotopic (exact) mass is 337 g/mol. The van der Waals surface area contributed by atoms with Crippen LogP contribution >= 0.6 is 15.9 Å². The number of rotatable bonds is 3. The Bertz CT molecular complexity index is 420. The molecule has 4 heteroatoms. The summed E-state index contributed by atoms with van der Waals surface area (Å²) in [5.74, 6) is 0. The lowest BCUT2D eigenvalue weighted by molar-refractivity contribution is 0.0787. The molecule has 2 aliphatic heterocycles. The van der Waals surface area contributed by atoms with E-state index in [2.05, 4.69) is 62.2 Å². The van der Waals surface area contributed by atoms with E-state index in [0.29, 0.717) is 6.04 Å². The maximum atomic E-state index is 3.51. The number of hydrogen-bond donors (Lipinski definition) is 1. The summed E-state index contributed by atoms with van der Waals surface area (Å²) in [5.41, 5.74) is 1.42. The molecule has 0 saturated carbocycles. The van der Waals surface area contributed by atoms with Crippen molar-refractivity contribution in [3.63, 3.8) is 0 Å². The lowest BCUT2D eigenvalue weighted by Gasteiger charge is -2.40. The molecule has 2 fully saturated rings. The van der Waals surface area contributed by atoms with Crippen LogP contribution in [-0.4, -0.2) is 55.1 Å². The van der Waals surface area contributed by atoms with Crippen LogP contribution in [0.2, 0.25) is 0 Å². The Balaban J connectivity index is 1.55. The van der Waals surface area contributed by atoms with Crippen LogP contribution in [0.5, 0.6) is 0 Å². The molecule has 1 aromatic rings. The summed E-state index contributed by atoms with van der Waals surface area (Å²) in [5, 5.41) is 3.48. The van der Waals surface area contributed by atoms with Gasteiger partial charge in [0.15, 0.2) is 0 Å². The fraction of sp³-hybridized carbons (Fsp3) is 0.625. The van der Waals surface area contributed by atoms with Gasteiger partial charge in [0.2, 0.25) is 0 Å². The molecule has 0 aliphatic carbocycles. The van der Waals surface area contributed by atoms with E-state index in [4.69, 9.17) is 0 Å². The van der Waals surface area contributed by atoms with E-state index < -0.39 is 0 Å². The molecule has 0 radical (unpaired) electrons. The van der Waals surface area contributed by atoms with Crippen LogP contribution < -0.4 is 5.32 Å². The highest BCUT2D eigenvalue weighted by atomic mass is 79.9. The Morgan fingerprint density at radius 3 is 2.45 bits per heavy atom. The number of halogens is 1. The highest BCUT2D eigenvalue weighted by Crippen LogP contribution is 2.24. The molecule has 3 nitrogen and oxygen atoms in total. The van der Waals surface area contributed by atoms with E-state index in [9.17, 15) is 0 Å². The molecular weight excluding hydrogens is 314 g/mol. The van der Waals surface area contributed by atoms with Crippen molar-refractivity contribution in [3.05, 3.63) is 34.3 Å². The first-order chi connectivity index (χ1) is 9.74. The minimum Gasteiger partial charge on any atom is -0.315 e. The van der Waals surface area contributed by atoms with E-state index in [1.54, 1.807) is 0 Å². The fourth-order valence-electron chi connectivity index (χ4n) is 3.39. The van der Waals surface area contributed by atoms with Crippen molar-refractivity contribution in [2.75, 3.05) is 39.3 Å².